The second-order valence-corrected chi connectivity index (χ2v) is 4.24. The summed E-state index contributed by atoms with van der Waals surface area (Å²) in [5, 5.41) is 5.87. The first kappa shape index (κ1) is 12.6. The number of hydrogen-bond donors (Lipinski definition) is 2. The zero-order chi connectivity index (χ0) is 12.0. The van der Waals surface area contributed by atoms with E-state index in [2.05, 4.69) is 15.6 Å². The van der Waals surface area contributed by atoms with Gasteiger partial charge in [0.05, 0.1) is 5.54 Å². The lowest BCUT2D eigenvalue weighted by Gasteiger charge is -2.22. The molecule has 0 aliphatic rings. The average Bonchev–Trinajstić information content (AvgIpc) is 2.30. The third kappa shape index (κ3) is 3.62. The first-order valence-electron chi connectivity index (χ1n) is 5.42. The van der Waals surface area contributed by atoms with Crippen molar-refractivity contribution in [3.63, 3.8) is 0 Å². The van der Waals surface area contributed by atoms with E-state index in [0.717, 1.165) is 6.42 Å². The highest BCUT2D eigenvalue weighted by Gasteiger charge is 2.24. The van der Waals surface area contributed by atoms with E-state index in [-0.39, 0.29) is 5.91 Å². The van der Waals surface area contributed by atoms with Crippen molar-refractivity contribution in [2.24, 2.45) is 0 Å². The van der Waals surface area contributed by atoms with Gasteiger partial charge in [-0.15, -0.1) is 0 Å². The van der Waals surface area contributed by atoms with E-state index in [1.165, 1.54) is 5.56 Å². The second kappa shape index (κ2) is 5.61. The van der Waals surface area contributed by atoms with Crippen LogP contribution in [0.15, 0.2) is 24.5 Å². The predicted molar refractivity (Wildman–Crippen MR) is 64.1 cm³/mol. The first-order valence-corrected chi connectivity index (χ1v) is 5.42. The molecule has 1 heterocycles. The Morgan fingerprint density at radius 3 is 2.56 bits per heavy atom. The molecule has 0 radical (unpaired) electrons. The first-order chi connectivity index (χ1) is 7.56. The van der Waals surface area contributed by atoms with Crippen LogP contribution in [0.25, 0.3) is 0 Å². The Balaban J connectivity index is 2.34. The lowest BCUT2D eigenvalue weighted by atomic mass is 10.1. The van der Waals surface area contributed by atoms with Crippen molar-refractivity contribution < 1.29 is 4.79 Å². The Labute approximate surface area is 96.5 Å². The van der Waals surface area contributed by atoms with Gasteiger partial charge in [0.15, 0.2) is 0 Å². The number of nitrogens with one attached hydrogen (secondary N) is 2. The summed E-state index contributed by atoms with van der Waals surface area (Å²) in [6.07, 6.45) is 4.34. The molecule has 0 aliphatic heterocycles. The van der Waals surface area contributed by atoms with Crippen LogP contribution >= 0.6 is 0 Å². The second-order valence-electron chi connectivity index (χ2n) is 4.24. The van der Waals surface area contributed by atoms with Crippen molar-refractivity contribution in [2.45, 2.75) is 25.8 Å². The van der Waals surface area contributed by atoms with E-state index >= 15 is 0 Å². The molecule has 1 rings (SSSR count). The van der Waals surface area contributed by atoms with Crippen LogP contribution in [0, 0.1) is 0 Å². The molecule has 0 spiro atoms. The number of pyridine rings is 1. The lowest BCUT2D eigenvalue weighted by molar-refractivity contribution is -0.126. The fourth-order valence-corrected chi connectivity index (χ4v) is 1.20. The van der Waals surface area contributed by atoms with Crippen LogP contribution < -0.4 is 10.6 Å². The van der Waals surface area contributed by atoms with Gasteiger partial charge in [-0.1, -0.05) is 0 Å². The Bertz CT molecular complexity index is 335. The number of aromatic nitrogens is 1. The van der Waals surface area contributed by atoms with Crippen molar-refractivity contribution >= 4 is 5.91 Å². The highest BCUT2D eigenvalue weighted by atomic mass is 16.2. The van der Waals surface area contributed by atoms with Gasteiger partial charge < -0.3 is 10.6 Å². The summed E-state index contributed by atoms with van der Waals surface area (Å²) < 4.78 is 0. The number of carbonyl (C=O) groups excluding carboxylic acids is 1. The van der Waals surface area contributed by atoms with Gasteiger partial charge in [-0.05, 0) is 45.0 Å². The van der Waals surface area contributed by atoms with Crippen molar-refractivity contribution in [3.05, 3.63) is 30.1 Å². The molecule has 0 fully saturated rings. The highest BCUT2D eigenvalue weighted by molar-refractivity contribution is 5.85. The number of hydrogen-bond acceptors (Lipinski definition) is 3. The van der Waals surface area contributed by atoms with Crippen LogP contribution in [-0.4, -0.2) is 30.0 Å². The van der Waals surface area contributed by atoms with Crippen LogP contribution in [0.2, 0.25) is 0 Å². The molecule has 1 amide bonds. The summed E-state index contributed by atoms with van der Waals surface area (Å²) in [7, 11) is 1.78. The topological polar surface area (TPSA) is 54.0 Å². The number of carbonyl (C=O) groups is 1. The zero-order valence-electron chi connectivity index (χ0n) is 10.1. The average molecular weight is 221 g/mol. The molecule has 0 aliphatic carbocycles. The summed E-state index contributed by atoms with van der Waals surface area (Å²) in [5.74, 6) is 0.0176. The number of likely N-dealkylation sites (N-methyl/N-ethyl adjacent to an activating group) is 1. The summed E-state index contributed by atoms with van der Waals surface area (Å²) in [4.78, 5) is 15.6. The van der Waals surface area contributed by atoms with Crippen LogP contribution in [0.3, 0.4) is 0 Å². The summed E-state index contributed by atoms with van der Waals surface area (Å²) >= 11 is 0. The molecule has 0 aromatic carbocycles. The molecular weight excluding hydrogens is 202 g/mol. The Morgan fingerprint density at radius 1 is 1.38 bits per heavy atom. The highest BCUT2D eigenvalue weighted by Crippen LogP contribution is 2.01. The number of amides is 1. The van der Waals surface area contributed by atoms with Crippen molar-refractivity contribution in [1.29, 1.82) is 0 Å². The summed E-state index contributed by atoms with van der Waals surface area (Å²) in [6, 6.07) is 3.91. The van der Waals surface area contributed by atoms with Crippen molar-refractivity contribution in [1.82, 2.24) is 15.6 Å². The smallest absolute Gasteiger partial charge is 0.239 e. The van der Waals surface area contributed by atoms with E-state index in [1.807, 2.05) is 26.0 Å². The SMILES string of the molecule is CNC(C)(C)C(=O)NCCc1ccncc1. The molecule has 0 unspecified atom stereocenters. The predicted octanol–water partition coefficient (Wildman–Crippen LogP) is 0.738. The van der Waals surface area contributed by atoms with Crippen molar-refractivity contribution in [2.75, 3.05) is 13.6 Å². The minimum absolute atomic E-state index is 0.0176. The van der Waals surface area contributed by atoms with Gasteiger partial charge in [0.2, 0.25) is 5.91 Å². The maximum atomic E-state index is 11.7. The number of rotatable bonds is 5. The summed E-state index contributed by atoms with van der Waals surface area (Å²) in [5.41, 5.74) is 0.663. The van der Waals surface area contributed by atoms with E-state index in [0.29, 0.717) is 6.54 Å². The molecule has 4 heteroatoms. The lowest BCUT2D eigenvalue weighted by Crippen LogP contribution is -2.51. The van der Waals surface area contributed by atoms with Crippen LogP contribution in [-0.2, 0) is 11.2 Å². The largest absolute Gasteiger partial charge is 0.354 e. The Morgan fingerprint density at radius 2 is 2.00 bits per heavy atom. The van der Waals surface area contributed by atoms with Crippen LogP contribution in [0.1, 0.15) is 19.4 Å². The molecule has 1 aromatic heterocycles. The molecular formula is C12H19N3O. The fraction of sp³-hybridized carbons (Fsp3) is 0.500. The standard InChI is InChI=1S/C12H19N3O/c1-12(2,13-3)11(16)15-9-6-10-4-7-14-8-5-10/h4-5,7-8,13H,6,9H2,1-3H3,(H,15,16). The van der Waals surface area contributed by atoms with Gasteiger partial charge in [-0.3, -0.25) is 9.78 Å². The van der Waals surface area contributed by atoms with Gasteiger partial charge in [0.25, 0.3) is 0 Å². The van der Waals surface area contributed by atoms with Crippen LogP contribution in [0.4, 0.5) is 0 Å². The van der Waals surface area contributed by atoms with E-state index in [9.17, 15) is 4.79 Å². The molecule has 1 aromatic rings. The molecule has 4 nitrogen and oxygen atoms in total. The monoisotopic (exact) mass is 221 g/mol. The van der Waals surface area contributed by atoms with E-state index < -0.39 is 5.54 Å². The third-order valence-electron chi connectivity index (χ3n) is 2.64. The maximum Gasteiger partial charge on any atom is 0.239 e. The Hall–Kier alpha value is -1.42. The van der Waals surface area contributed by atoms with E-state index in [1.54, 1.807) is 19.4 Å². The van der Waals surface area contributed by atoms with Gasteiger partial charge in [-0.2, -0.15) is 0 Å². The third-order valence-corrected chi connectivity index (χ3v) is 2.64. The summed E-state index contributed by atoms with van der Waals surface area (Å²) in [6.45, 7) is 4.36. The Kier molecular flexibility index (Phi) is 4.43. The molecule has 0 bridgehead atoms. The van der Waals surface area contributed by atoms with Gasteiger partial charge >= 0.3 is 0 Å². The minimum atomic E-state index is -0.516. The zero-order valence-corrected chi connectivity index (χ0v) is 10.1. The van der Waals surface area contributed by atoms with Crippen LogP contribution in [0.5, 0.6) is 0 Å². The normalized spacial score (nSPS) is 11.2. The molecule has 16 heavy (non-hydrogen) atoms. The quantitative estimate of drug-likeness (QED) is 0.771. The van der Waals surface area contributed by atoms with Gasteiger partial charge in [0, 0.05) is 18.9 Å². The number of nitrogens with zero attached hydrogens (tertiary/aromatic N) is 1. The van der Waals surface area contributed by atoms with E-state index in [4.69, 9.17) is 0 Å². The van der Waals surface area contributed by atoms with Crippen molar-refractivity contribution in [3.8, 4) is 0 Å². The van der Waals surface area contributed by atoms with Gasteiger partial charge in [-0.25, -0.2) is 0 Å². The molecule has 0 atom stereocenters. The molecule has 88 valence electrons. The minimum Gasteiger partial charge on any atom is -0.354 e. The fourth-order valence-electron chi connectivity index (χ4n) is 1.20. The molecule has 0 saturated carbocycles. The maximum absolute atomic E-state index is 11.7. The molecule has 0 saturated heterocycles. The van der Waals surface area contributed by atoms with Gasteiger partial charge in [0.1, 0.15) is 0 Å². The molecule has 2 N–H and O–H groups in total.